The maximum Gasteiger partial charge on any atom is 0.417 e. The van der Waals surface area contributed by atoms with Crippen LogP contribution >= 0.6 is 11.8 Å². The van der Waals surface area contributed by atoms with E-state index in [1.54, 1.807) is 20.2 Å². The number of hydrogen-bond donors (Lipinski definition) is 3. The number of aryl methyl sites for hydroxylation is 1. The molecular weight excluding hydrogens is 400 g/mol. The Morgan fingerprint density at radius 2 is 2.00 bits per heavy atom. The number of hydrogen-bond acceptors (Lipinski definition) is 6. The van der Waals surface area contributed by atoms with Gasteiger partial charge in [-0.3, -0.25) is 9.98 Å². The first-order valence-electron chi connectivity index (χ1n) is 9.50. The molecule has 1 aromatic heterocycles. The zero-order chi connectivity index (χ0) is 21.9. The summed E-state index contributed by atoms with van der Waals surface area (Å²) < 4.78 is 10.3. The Bertz CT molecular complexity index is 1040. The van der Waals surface area contributed by atoms with Gasteiger partial charge in [-0.15, -0.1) is 0 Å². The summed E-state index contributed by atoms with van der Waals surface area (Å²) in [6, 6.07) is 13.6. The molecule has 30 heavy (non-hydrogen) atoms. The van der Waals surface area contributed by atoms with Gasteiger partial charge in [0.05, 0.1) is 12.6 Å². The van der Waals surface area contributed by atoms with Crippen molar-refractivity contribution < 1.29 is 9.15 Å². The molecule has 0 amide bonds. The lowest BCUT2D eigenvalue weighted by atomic mass is 10.1. The van der Waals surface area contributed by atoms with E-state index in [2.05, 4.69) is 39.7 Å². The number of fused-ring (bicyclic) bond motifs is 1. The number of thioether (sulfide) groups is 1. The van der Waals surface area contributed by atoms with Crippen molar-refractivity contribution in [1.29, 1.82) is 0 Å². The number of rotatable bonds is 7. The lowest BCUT2D eigenvalue weighted by molar-refractivity contribution is 0.414. The molecular formula is C22H28N4O3S. The minimum Gasteiger partial charge on any atom is -0.497 e. The number of nitrogens with one attached hydrogen (secondary N) is 2. The number of benzene rings is 2. The van der Waals surface area contributed by atoms with Gasteiger partial charge in [-0.05, 0) is 55.3 Å². The first kappa shape index (κ1) is 23.3. The summed E-state index contributed by atoms with van der Waals surface area (Å²) in [6.07, 6.45) is 1.96. The van der Waals surface area contributed by atoms with Crippen LogP contribution in [0.15, 0.2) is 63.2 Å². The third kappa shape index (κ3) is 6.53. The van der Waals surface area contributed by atoms with Gasteiger partial charge in [-0.1, -0.05) is 36.5 Å². The van der Waals surface area contributed by atoms with Crippen LogP contribution in [0.4, 0.5) is 0 Å². The van der Waals surface area contributed by atoms with Crippen molar-refractivity contribution in [1.82, 2.24) is 10.3 Å². The van der Waals surface area contributed by atoms with Gasteiger partial charge >= 0.3 is 5.76 Å². The van der Waals surface area contributed by atoms with Gasteiger partial charge in [0, 0.05) is 18.5 Å². The van der Waals surface area contributed by atoms with E-state index >= 15 is 0 Å². The Morgan fingerprint density at radius 1 is 1.27 bits per heavy atom. The van der Waals surface area contributed by atoms with Gasteiger partial charge in [0.15, 0.2) is 10.8 Å². The maximum absolute atomic E-state index is 11.3. The van der Waals surface area contributed by atoms with Crippen molar-refractivity contribution in [2.24, 2.45) is 10.7 Å². The number of oxazole rings is 1. The van der Waals surface area contributed by atoms with E-state index < -0.39 is 5.76 Å². The topological polar surface area (TPSA) is 106 Å². The summed E-state index contributed by atoms with van der Waals surface area (Å²) in [5, 5.41) is 4.15. The molecule has 2 aromatic carbocycles. The van der Waals surface area contributed by atoms with Crippen molar-refractivity contribution in [3.63, 3.8) is 0 Å². The maximum atomic E-state index is 11.3. The molecule has 0 fully saturated rings. The van der Waals surface area contributed by atoms with Gasteiger partial charge in [-0.2, -0.15) is 0 Å². The molecule has 7 nitrogen and oxygen atoms in total. The van der Waals surface area contributed by atoms with Crippen molar-refractivity contribution in [2.45, 2.75) is 12.8 Å². The van der Waals surface area contributed by atoms with Crippen molar-refractivity contribution in [3.8, 4) is 5.75 Å². The Kier molecular flexibility index (Phi) is 9.24. The van der Waals surface area contributed by atoms with E-state index in [0.717, 1.165) is 40.8 Å². The highest BCUT2D eigenvalue weighted by atomic mass is 32.2. The molecule has 3 rings (SSSR count). The molecule has 0 radical (unpaired) electrons. The number of nitrogens with two attached hydrogens (primary N) is 1. The van der Waals surface area contributed by atoms with Crippen molar-refractivity contribution in [3.05, 3.63) is 70.7 Å². The average Bonchev–Trinajstić information content (AvgIpc) is 3.16. The van der Waals surface area contributed by atoms with Crippen LogP contribution in [0, 0.1) is 0 Å². The lowest BCUT2D eigenvalue weighted by Gasteiger charge is -2.11. The molecule has 3 aromatic rings. The molecule has 0 aliphatic rings. The lowest BCUT2D eigenvalue weighted by Crippen LogP contribution is -2.22. The van der Waals surface area contributed by atoms with Crippen LogP contribution in [0.2, 0.25) is 0 Å². The van der Waals surface area contributed by atoms with Crippen LogP contribution in [0.1, 0.15) is 17.5 Å². The van der Waals surface area contributed by atoms with E-state index in [1.807, 2.05) is 24.3 Å². The highest BCUT2D eigenvalue weighted by Gasteiger charge is 2.08. The fourth-order valence-corrected chi connectivity index (χ4v) is 3.48. The molecule has 1 heterocycles. The molecule has 0 aliphatic heterocycles. The molecule has 0 atom stereocenters. The summed E-state index contributed by atoms with van der Waals surface area (Å²) in [7, 11) is 4.92. The van der Waals surface area contributed by atoms with Crippen LogP contribution in [-0.4, -0.2) is 37.9 Å². The van der Waals surface area contributed by atoms with E-state index in [1.165, 1.54) is 24.4 Å². The van der Waals surface area contributed by atoms with Crippen molar-refractivity contribution in [2.75, 3.05) is 27.7 Å². The predicted octanol–water partition coefficient (Wildman–Crippen LogP) is 3.62. The normalized spacial score (nSPS) is 11.0. The monoisotopic (exact) mass is 428 g/mol. The third-order valence-electron chi connectivity index (χ3n) is 4.24. The SMILES string of the molecule is C=C(SC(=NC)NCCCc1ccc(OC)cc1)c1ccc2[nH]c(=O)oc2c1.CN. The van der Waals surface area contributed by atoms with Crippen LogP contribution in [0.3, 0.4) is 0 Å². The number of aromatic nitrogens is 1. The summed E-state index contributed by atoms with van der Waals surface area (Å²) in [5.74, 6) is 0.411. The molecule has 160 valence electrons. The van der Waals surface area contributed by atoms with Crippen LogP contribution in [-0.2, 0) is 6.42 Å². The van der Waals surface area contributed by atoms with Gasteiger partial charge in [0.25, 0.3) is 0 Å². The Balaban J connectivity index is 0.00000155. The number of aromatic amines is 1. The second kappa shape index (κ2) is 11.9. The molecule has 0 aliphatic carbocycles. The van der Waals surface area contributed by atoms with Crippen molar-refractivity contribution >= 4 is 32.9 Å². The fourth-order valence-electron chi connectivity index (χ4n) is 2.74. The van der Waals surface area contributed by atoms with Gasteiger partial charge in [0.2, 0.25) is 0 Å². The first-order valence-corrected chi connectivity index (χ1v) is 10.3. The number of ether oxygens (including phenoxy) is 1. The smallest absolute Gasteiger partial charge is 0.417 e. The van der Waals surface area contributed by atoms with Crippen LogP contribution in [0.25, 0.3) is 16.0 Å². The average molecular weight is 429 g/mol. The van der Waals surface area contributed by atoms with Gasteiger partial charge in [0.1, 0.15) is 5.75 Å². The third-order valence-corrected chi connectivity index (χ3v) is 5.25. The second-order valence-electron chi connectivity index (χ2n) is 6.16. The Hall–Kier alpha value is -2.97. The predicted molar refractivity (Wildman–Crippen MR) is 126 cm³/mol. The molecule has 8 heteroatoms. The van der Waals surface area contributed by atoms with Crippen LogP contribution in [0.5, 0.6) is 5.75 Å². The molecule has 0 saturated carbocycles. The zero-order valence-corrected chi connectivity index (χ0v) is 18.3. The van der Waals surface area contributed by atoms with Gasteiger partial charge < -0.3 is 20.2 Å². The number of amidine groups is 1. The Labute approximate surface area is 180 Å². The minimum absolute atomic E-state index is 0.459. The van der Waals surface area contributed by atoms with Gasteiger partial charge in [-0.25, -0.2) is 4.79 Å². The summed E-state index contributed by atoms with van der Waals surface area (Å²) >= 11 is 1.46. The summed E-state index contributed by atoms with van der Waals surface area (Å²) in [6.45, 7) is 4.93. The van der Waals surface area contributed by atoms with E-state index in [0.29, 0.717) is 11.1 Å². The molecule has 0 spiro atoms. The van der Waals surface area contributed by atoms with Crippen LogP contribution < -0.4 is 21.5 Å². The number of H-pyrrole nitrogens is 1. The largest absolute Gasteiger partial charge is 0.497 e. The van der Waals surface area contributed by atoms with E-state index in [-0.39, 0.29) is 0 Å². The summed E-state index contributed by atoms with van der Waals surface area (Å²) in [4.78, 5) is 19.0. The number of methoxy groups -OCH3 is 1. The highest BCUT2D eigenvalue weighted by Crippen LogP contribution is 2.28. The highest BCUT2D eigenvalue weighted by molar-refractivity contribution is 8.21. The molecule has 4 N–H and O–H groups in total. The minimum atomic E-state index is -0.459. The summed E-state index contributed by atoms with van der Waals surface area (Å²) in [5.41, 5.74) is 7.86. The molecule has 0 bridgehead atoms. The first-order chi connectivity index (χ1) is 14.6. The van der Waals surface area contributed by atoms with E-state index in [4.69, 9.17) is 9.15 Å². The quantitative estimate of drug-likeness (QED) is 0.302. The molecule has 0 unspecified atom stereocenters. The fraction of sp³-hybridized carbons (Fsp3) is 0.273. The zero-order valence-electron chi connectivity index (χ0n) is 17.5. The number of nitrogens with zero attached hydrogens (tertiary/aromatic N) is 1. The molecule has 0 saturated heterocycles. The standard InChI is InChI=1S/C21H23N3O3S.CH5N/c1-14(16-8-11-18-19(13-16)27-21(25)24-18)28-20(22-2)23-12-4-5-15-6-9-17(26-3)10-7-15;1-2/h6-11,13H,1,4-5,12H2,2-3H3,(H,22,23)(H,24,25);2H2,1H3. The second-order valence-corrected chi connectivity index (χ2v) is 7.24. The van der Waals surface area contributed by atoms with E-state index in [9.17, 15) is 4.79 Å². The Morgan fingerprint density at radius 3 is 2.67 bits per heavy atom. The number of aliphatic imine (C=N–C) groups is 1.